The van der Waals surface area contributed by atoms with Crippen molar-refractivity contribution >= 4 is 5.91 Å². The van der Waals surface area contributed by atoms with Gasteiger partial charge in [0.1, 0.15) is 5.75 Å². The first-order valence-electron chi connectivity index (χ1n) is 7.06. The molecule has 1 amide bonds. The van der Waals surface area contributed by atoms with E-state index in [9.17, 15) is 4.79 Å². The lowest BCUT2D eigenvalue weighted by atomic mass is 10.0. The van der Waals surface area contributed by atoms with Gasteiger partial charge in [0.25, 0.3) is 0 Å². The Kier molecular flexibility index (Phi) is 3.69. The van der Waals surface area contributed by atoms with Crippen molar-refractivity contribution in [3.05, 3.63) is 29.3 Å². The topological polar surface area (TPSA) is 50.4 Å². The van der Waals surface area contributed by atoms with E-state index in [0.29, 0.717) is 19.1 Å². The van der Waals surface area contributed by atoms with E-state index in [2.05, 4.69) is 16.7 Å². The molecule has 1 saturated carbocycles. The summed E-state index contributed by atoms with van der Waals surface area (Å²) in [5, 5.41) is 6.16. The first-order valence-corrected chi connectivity index (χ1v) is 7.06. The predicted molar refractivity (Wildman–Crippen MR) is 73.1 cm³/mol. The van der Waals surface area contributed by atoms with Crippen molar-refractivity contribution in [2.45, 2.75) is 38.3 Å². The van der Waals surface area contributed by atoms with Gasteiger partial charge in [0.05, 0.1) is 13.2 Å². The van der Waals surface area contributed by atoms with E-state index >= 15 is 0 Å². The average Bonchev–Trinajstić information content (AvgIpc) is 3.27. The highest BCUT2D eigenvalue weighted by Crippen LogP contribution is 2.25. The molecule has 19 heavy (non-hydrogen) atoms. The first kappa shape index (κ1) is 12.5. The van der Waals surface area contributed by atoms with Crippen molar-refractivity contribution in [2.24, 2.45) is 0 Å². The van der Waals surface area contributed by atoms with E-state index in [0.717, 1.165) is 30.8 Å². The second kappa shape index (κ2) is 5.61. The molecular formula is C15H20N2O2. The van der Waals surface area contributed by atoms with Crippen LogP contribution in [0.1, 0.15) is 30.4 Å². The maximum Gasteiger partial charge on any atom is 0.234 e. The minimum absolute atomic E-state index is 0.0703. The van der Waals surface area contributed by atoms with Crippen LogP contribution in [0, 0.1) is 0 Å². The van der Waals surface area contributed by atoms with Gasteiger partial charge < -0.3 is 15.4 Å². The van der Waals surface area contributed by atoms with Crippen LogP contribution in [-0.4, -0.2) is 25.1 Å². The standard InChI is InChI=1S/C15H20N2O2/c18-15(10-16-13-4-5-13)17-9-11-3-6-14-12(8-11)2-1-7-19-14/h3,6,8,13,16H,1-2,4-5,7,9-10H2,(H,17,18). The van der Waals surface area contributed by atoms with E-state index in [1.54, 1.807) is 0 Å². The molecule has 0 atom stereocenters. The number of fused-ring (bicyclic) bond motifs is 1. The molecule has 0 aromatic heterocycles. The lowest BCUT2D eigenvalue weighted by Crippen LogP contribution is -2.34. The van der Waals surface area contributed by atoms with E-state index in [1.165, 1.54) is 18.4 Å². The molecule has 2 N–H and O–H groups in total. The molecule has 3 rings (SSSR count). The maximum absolute atomic E-state index is 11.6. The highest BCUT2D eigenvalue weighted by molar-refractivity contribution is 5.78. The third kappa shape index (κ3) is 3.47. The maximum atomic E-state index is 11.6. The highest BCUT2D eigenvalue weighted by Gasteiger charge is 2.21. The van der Waals surface area contributed by atoms with Crippen LogP contribution in [-0.2, 0) is 17.8 Å². The van der Waals surface area contributed by atoms with Gasteiger partial charge in [0.2, 0.25) is 5.91 Å². The summed E-state index contributed by atoms with van der Waals surface area (Å²) in [6.45, 7) is 1.84. The quantitative estimate of drug-likeness (QED) is 0.841. The SMILES string of the molecule is O=C(CNC1CC1)NCc1ccc2c(c1)CCCO2. The Labute approximate surface area is 113 Å². The van der Waals surface area contributed by atoms with Crippen LogP contribution in [0.3, 0.4) is 0 Å². The predicted octanol–water partition coefficient (Wildman–Crippen LogP) is 1.38. The third-order valence-corrected chi connectivity index (χ3v) is 3.59. The fourth-order valence-electron chi connectivity index (χ4n) is 2.31. The number of aryl methyl sites for hydroxylation is 1. The monoisotopic (exact) mass is 260 g/mol. The van der Waals surface area contributed by atoms with Crippen molar-refractivity contribution in [1.29, 1.82) is 0 Å². The van der Waals surface area contributed by atoms with E-state index in [-0.39, 0.29) is 5.91 Å². The van der Waals surface area contributed by atoms with Gasteiger partial charge in [0.15, 0.2) is 0 Å². The Hall–Kier alpha value is -1.55. The van der Waals surface area contributed by atoms with Gasteiger partial charge in [-0.3, -0.25) is 4.79 Å². The van der Waals surface area contributed by atoms with Crippen molar-refractivity contribution in [2.75, 3.05) is 13.2 Å². The molecule has 4 heteroatoms. The number of carbonyl (C=O) groups excluding carboxylic acids is 1. The van der Waals surface area contributed by atoms with Crippen molar-refractivity contribution < 1.29 is 9.53 Å². The zero-order chi connectivity index (χ0) is 13.1. The number of hydrogen-bond donors (Lipinski definition) is 2. The van der Waals surface area contributed by atoms with Gasteiger partial charge >= 0.3 is 0 Å². The minimum Gasteiger partial charge on any atom is -0.493 e. The zero-order valence-electron chi connectivity index (χ0n) is 11.1. The Morgan fingerprint density at radius 2 is 2.26 bits per heavy atom. The van der Waals surface area contributed by atoms with Gasteiger partial charge in [-0.2, -0.15) is 0 Å². The number of rotatable bonds is 5. The first-order chi connectivity index (χ1) is 9.31. The van der Waals surface area contributed by atoms with Crippen LogP contribution in [0.15, 0.2) is 18.2 Å². The van der Waals surface area contributed by atoms with Crippen LogP contribution >= 0.6 is 0 Å². The minimum atomic E-state index is 0.0703. The molecular weight excluding hydrogens is 240 g/mol. The summed E-state index contributed by atoms with van der Waals surface area (Å²) in [6, 6.07) is 6.76. The number of benzene rings is 1. The second-order valence-corrected chi connectivity index (χ2v) is 5.33. The summed E-state index contributed by atoms with van der Waals surface area (Å²) in [6.07, 6.45) is 4.56. The summed E-state index contributed by atoms with van der Waals surface area (Å²) in [4.78, 5) is 11.6. The van der Waals surface area contributed by atoms with Crippen LogP contribution < -0.4 is 15.4 Å². The molecule has 1 aliphatic heterocycles. The van der Waals surface area contributed by atoms with E-state index in [4.69, 9.17) is 4.74 Å². The van der Waals surface area contributed by atoms with E-state index < -0.39 is 0 Å². The molecule has 1 fully saturated rings. The molecule has 0 bridgehead atoms. The molecule has 0 saturated heterocycles. The third-order valence-electron chi connectivity index (χ3n) is 3.59. The lowest BCUT2D eigenvalue weighted by Gasteiger charge is -2.18. The molecule has 102 valence electrons. The van der Waals surface area contributed by atoms with Gasteiger partial charge in [-0.15, -0.1) is 0 Å². The van der Waals surface area contributed by atoms with Crippen molar-refractivity contribution in [1.82, 2.24) is 10.6 Å². The summed E-state index contributed by atoms with van der Waals surface area (Å²) in [7, 11) is 0. The van der Waals surface area contributed by atoms with Crippen LogP contribution in [0.5, 0.6) is 5.75 Å². The Morgan fingerprint density at radius 1 is 1.37 bits per heavy atom. The molecule has 4 nitrogen and oxygen atoms in total. The molecule has 1 heterocycles. The second-order valence-electron chi connectivity index (χ2n) is 5.33. The fourth-order valence-corrected chi connectivity index (χ4v) is 2.31. The average molecular weight is 260 g/mol. The number of ether oxygens (including phenoxy) is 1. The fraction of sp³-hybridized carbons (Fsp3) is 0.533. The van der Waals surface area contributed by atoms with Crippen LogP contribution in [0.4, 0.5) is 0 Å². The van der Waals surface area contributed by atoms with Crippen LogP contribution in [0.25, 0.3) is 0 Å². The molecule has 2 aliphatic rings. The number of hydrogen-bond acceptors (Lipinski definition) is 3. The largest absolute Gasteiger partial charge is 0.493 e. The molecule has 1 aromatic rings. The molecule has 1 aliphatic carbocycles. The van der Waals surface area contributed by atoms with Crippen molar-refractivity contribution in [3.8, 4) is 5.75 Å². The Balaban J connectivity index is 1.50. The molecule has 0 radical (unpaired) electrons. The summed E-state index contributed by atoms with van der Waals surface area (Å²) < 4.78 is 5.58. The highest BCUT2D eigenvalue weighted by atomic mass is 16.5. The number of nitrogens with one attached hydrogen (secondary N) is 2. The van der Waals surface area contributed by atoms with Gasteiger partial charge in [-0.05, 0) is 42.9 Å². The number of carbonyl (C=O) groups is 1. The van der Waals surface area contributed by atoms with Gasteiger partial charge in [-0.25, -0.2) is 0 Å². The Bertz CT molecular complexity index is 469. The summed E-state index contributed by atoms with van der Waals surface area (Å²) >= 11 is 0. The molecule has 0 unspecified atom stereocenters. The summed E-state index contributed by atoms with van der Waals surface area (Å²) in [5.74, 6) is 1.07. The van der Waals surface area contributed by atoms with Gasteiger partial charge in [-0.1, -0.05) is 12.1 Å². The van der Waals surface area contributed by atoms with Crippen molar-refractivity contribution in [3.63, 3.8) is 0 Å². The number of amides is 1. The smallest absolute Gasteiger partial charge is 0.234 e. The Morgan fingerprint density at radius 3 is 3.11 bits per heavy atom. The van der Waals surface area contributed by atoms with E-state index in [1.807, 2.05) is 12.1 Å². The zero-order valence-corrected chi connectivity index (χ0v) is 11.1. The van der Waals surface area contributed by atoms with Crippen LogP contribution in [0.2, 0.25) is 0 Å². The molecule has 1 aromatic carbocycles. The molecule has 0 spiro atoms. The van der Waals surface area contributed by atoms with Gasteiger partial charge in [0, 0.05) is 12.6 Å². The lowest BCUT2D eigenvalue weighted by molar-refractivity contribution is -0.120. The summed E-state index contributed by atoms with van der Waals surface area (Å²) in [5.41, 5.74) is 2.40. The normalized spacial score (nSPS) is 17.5.